The second-order valence-corrected chi connectivity index (χ2v) is 10.2. The van der Waals surface area contributed by atoms with Gasteiger partial charge in [0.1, 0.15) is 5.82 Å². The van der Waals surface area contributed by atoms with Gasteiger partial charge in [0.2, 0.25) is 11.8 Å². The number of hydrogen-bond donors (Lipinski definition) is 2. The first kappa shape index (κ1) is 24.9. The van der Waals surface area contributed by atoms with Crippen molar-refractivity contribution in [3.63, 3.8) is 0 Å². The van der Waals surface area contributed by atoms with E-state index in [0.29, 0.717) is 41.4 Å². The number of amides is 2. The first-order chi connectivity index (χ1) is 17.8. The van der Waals surface area contributed by atoms with Crippen LogP contribution in [-0.2, 0) is 6.42 Å². The summed E-state index contributed by atoms with van der Waals surface area (Å²) in [6.45, 7) is 1.80. The number of carbonyl (C=O) groups excluding carboxylic acids is 1. The molecule has 11 heteroatoms. The molecule has 2 aromatic heterocycles. The van der Waals surface area contributed by atoms with Gasteiger partial charge in [0.15, 0.2) is 11.6 Å². The molecule has 0 radical (unpaired) electrons. The fourth-order valence-electron chi connectivity index (χ4n) is 4.51. The fraction of sp³-hybridized carbons (Fsp3) is 0.308. The first-order valence-electron chi connectivity index (χ1n) is 11.9. The summed E-state index contributed by atoms with van der Waals surface area (Å²) in [5.41, 5.74) is 0.967. The highest BCUT2D eigenvalue weighted by Crippen LogP contribution is 2.40. The Kier molecular flexibility index (Phi) is 7.22. The van der Waals surface area contributed by atoms with Crippen LogP contribution in [0.1, 0.15) is 48.4 Å². The quantitative estimate of drug-likeness (QED) is 0.261. The normalized spacial score (nSPS) is 17.5. The number of anilines is 2. The van der Waals surface area contributed by atoms with Crippen LogP contribution in [0.15, 0.2) is 47.0 Å². The SMILES string of the molecule is Cc1nnc(CC2CCC(c3ncc(-c4ccc(NC(=O)Nc5cc(F)c(F)cc5F)cc4)s3)CC2)o1. The topological polar surface area (TPSA) is 92.9 Å². The van der Waals surface area contributed by atoms with Gasteiger partial charge in [-0.2, -0.15) is 0 Å². The van der Waals surface area contributed by atoms with Crippen molar-refractivity contribution < 1.29 is 22.4 Å². The summed E-state index contributed by atoms with van der Waals surface area (Å²) in [6, 6.07) is 7.33. The molecule has 2 amide bonds. The molecule has 2 aromatic carbocycles. The summed E-state index contributed by atoms with van der Waals surface area (Å²) in [6.07, 6.45) is 7.03. The molecular formula is C26H24F3N5O2S. The zero-order valence-electron chi connectivity index (χ0n) is 19.9. The van der Waals surface area contributed by atoms with E-state index in [9.17, 15) is 18.0 Å². The van der Waals surface area contributed by atoms with E-state index in [1.54, 1.807) is 30.4 Å². The summed E-state index contributed by atoms with van der Waals surface area (Å²) in [5, 5.41) is 13.9. The van der Waals surface area contributed by atoms with Gasteiger partial charge in [-0.3, -0.25) is 0 Å². The largest absolute Gasteiger partial charge is 0.426 e. The number of carbonyl (C=O) groups is 1. The van der Waals surface area contributed by atoms with Gasteiger partial charge in [-0.05, 0) is 49.3 Å². The van der Waals surface area contributed by atoms with Gasteiger partial charge >= 0.3 is 6.03 Å². The van der Waals surface area contributed by atoms with Crippen LogP contribution < -0.4 is 10.6 Å². The second-order valence-electron chi connectivity index (χ2n) is 9.10. The molecule has 4 aromatic rings. The van der Waals surface area contributed by atoms with Crippen molar-refractivity contribution in [2.24, 2.45) is 5.92 Å². The minimum absolute atomic E-state index is 0.381. The molecule has 0 saturated heterocycles. The van der Waals surface area contributed by atoms with Gasteiger partial charge < -0.3 is 15.1 Å². The fourth-order valence-corrected chi connectivity index (χ4v) is 5.60. The maximum Gasteiger partial charge on any atom is 0.323 e. The first-order valence-corrected chi connectivity index (χ1v) is 12.7. The number of aromatic nitrogens is 3. The number of hydrogen-bond acceptors (Lipinski definition) is 6. The third-order valence-corrected chi connectivity index (χ3v) is 7.65. The third kappa shape index (κ3) is 5.99. The van der Waals surface area contributed by atoms with E-state index >= 15 is 0 Å². The molecule has 37 heavy (non-hydrogen) atoms. The molecule has 1 aliphatic rings. The number of nitrogens with one attached hydrogen (secondary N) is 2. The molecule has 0 atom stereocenters. The lowest BCUT2D eigenvalue weighted by atomic mass is 9.81. The Morgan fingerprint density at radius 1 is 1.00 bits per heavy atom. The summed E-state index contributed by atoms with van der Waals surface area (Å²) >= 11 is 1.67. The van der Waals surface area contributed by atoms with E-state index in [2.05, 4.69) is 25.8 Å². The smallest absolute Gasteiger partial charge is 0.323 e. The van der Waals surface area contributed by atoms with E-state index in [-0.39, 0.29) is 0 Å². The molecular weight excluding hydrogens is 503 g/mol. The lowest BCUT2D eigenvalue weighted by Gasteiger charge is -2.26. The lowest BCUT2D eigenvalue weighted by molar-refractivity contribution is 0.262. The number of urea groups is 1. The van der Waals surface area contributed by atoms with Crippen LogP contribution in [0, 0.1) is 30.3 Å². The molecule has 0 bridgehead atoms. The molecule has 5 rings (SSSR count). The Morgan fingerprint density at radius 2 is 1.73 bits per heavy atom. The minimum Gasteiger partial charge on any atom is -0.426 e. The summed E-state index contributed by atoms with van der Waals surface area (Å²) in [4.78, 5) is 17.9. The zero-order valence-corrected chi connectivity index (χ0v) is 20.7. The van der Waals surface area contributed by atoms with E-state index < -0.39 is 29.2 Å². The van der Waals surface area contributed by atoms with Gasteiger partial charge in [0, 0.05) is 43.3 Å². The number of nitrogens with zero attached hydrogens (tertiary/aromatic N) is 3. The van der Waals surface area contributed by atoms with Crippen LogP contribution in [0.4, 0.5) is 29.3 Å². The standard InChI is InChI=1S/C26H24F3N5O2S/c1-14-33-34-24(36-14)10-15-2-4-17(5-3-15)25-30-13-23(37-25)16-6-8-18(9-7-16)31-26(35)32-22-12-20(28)19(27)11-21(22)29/h6-9,11-13,15,17H,2-5,10H2,1H3,(H2,31,32,35). The van der Waals surface area contributed by atoms with Gasteiger partial charge in [0.05, 0.1) is 15.6 Å². The Morgan fingerprint density at radius 3 is 2.43 bits per heavy atom. The molecule has 1 fully saturated rings. The lowest BCUT2D eigenvalue weighted by Crippen LogP contribution is -2.20. The maximum atomic E-state index is 13.8. The average molecular weight is 528 g/mol. The molecule has 0 spiro atoms. The molecule has 7 nitrogen and oxygen atoms in total. The van der Waals surface area contributed by atoms with Crippen molar-refractivity contribution in [3.05, 3.63) is 76.8 Å². The number of benzene rings is 2. The molecule has 1 saturated carbocycles. The highest BCUT2D eigenvalue weighted by Gasteiger charge is 2.26. The Bertz CT molecular complexity index is 1400. The van der Waals surface area contributed by atoms with Crippen LogP contribution in [0.2, 0.25) is 0 Å². The molecule has 1 aliphatic carbocycles. The van der Waals surface area contributed by atoms with Gasteiger partial charge in [0.25, 0.3) is 0 Å². The van der Waals surface area contributed by atoms with E-state index in [0.717, 1.165) is 47.6 Å². The number of aryl methyl sites for hydroxylation is 1. The van der Waals surface area contributed by atoms with Crippen molar-refractivity contribution in [2.75, 3.05) is 10.6 Å². The van der Waals surface area contributed by atoms with E-state index in [1.807, 2.05) is 18.3 Å². The summed E-state index contributed by atoms with van der Waals surface area (Å²) in [7, 11) is 0. The van der Waals surface area contributed by atoms with Crippen molar-refractivity contribution >= 4 is 28.7 Å². The second kappa shape index (κ2) is 10.7. The van der Waals surface area contributed by atoms with Crippen molar-refractivity contribution in [1.82, 2.24) is 15.2 Å². The predicted molar refractivity (Wildman–Crippen MR) is 134 cm³/mol. The average Bonchev–Trinajstić information content (AvgIpc) is 3.53. The van der Waals surface area contributed by atoms with Gasteiger partial charge in [-0.25, -0.2) is 22.9 Å². The predicted octanol–water partition coefficient (Wildman–Crippen LogP) is 7.08. The van der Waals surface area contributed by atoms with E-state index in [1.165, 1.54) is 0 Å². The molecule has 192 valence electrons. The third-order valence-electron chi connectivity index (χ3n) is 6.44. The van der Waals surface area contributed by atoms with Crippen molar-refractivity contribution in [3.8, 4) is 10.4 Å². The number of rotatable bonds is 6. The Balaban J connectivity index is 1.15. The molecule has 2 heterocycles. The van der Waals surface area contributed by atoms with Crippen LogP contribution in [-0.4, -0.2) is 21.2 Å². The Labute approximate surface area is 215 Å². The van der Waals surface area contributed by atoms with Gasteiger partial charge in [-0.1, -0.05) is 12.1 Å². The number of thiazole rings is 1. The zero-order chi connectivity index (χ0) is 25.9. The summed E-state index contributed by atoms with van der Waals surface area (Å²) < 4.78 is 45.7. The highest BCUT2D eigenvalue weighted by atomic mass is 32.1. The Hall–Kier alpha value is -3.73. The van der Waals surface area contributed by atoms with Crippen molar-refractivity contribution in [2.45, 2.75) is 44.9 Å². The van der Waals surface area contributed by atoms with Crippen LogP contribution >= 0.6 is 11.3 Å². The number of halogens is 3. The van der Waals surface area contributed by atoms with Gasteiger partial charge in [-0.15, -0.1) is 21.5 Å². The minimum atomic E-state index is -1.33. The molecule has 2 N–H and O–H groups in total. The van der Waals surface area contributed by atoms with Crippen LogP contribution in [0.5, 0.6) is 0 Å². The van der Waals surface area contributed by atoms with Crippen LogP contribution in [0.3, 0.4) is 0 Å². The summed E-state index contributed by atoms with van der Waals surface area (Å²) in [5.74, 6) is -1.36. The maximum absolute atomic E-state index is 13.8. The molecule has 0 unspecified atom stereocenters. The molecule has 0 aliphatic heterocycles. The van der Waals surface area contributed by atoms with Crippen LogP contribution in [0.25, 0.3) is 10.4 Å². The monoisotopic (exact) mass is 527 g/mol. The van der Waals surface area contributed by atoms with Crippen molar-refractivity contribution in [1.29, 1.82) is 0 Å². The van der Waals surface area contributed by atoms with E-state index in [4.69, 9.17) is 4.42 Å². The highest BCUT2D eigenvalue weighted by molar-refractivity contribution is 7.15.